The Bertz CT molecular complexity index is 772. The Kier molecular flexibility index (Phi) is 4.99. The number of anilines is 1. The average Bonchev–Trinajstić information content (AvgIpc) is 2.50. The molecule has 1 aliphatic rings. The maximum Gasteiger partial charge on any atom is 0.0576 e. The Morgan fingerprint density at radius 3 is 2.68 bits per heavy atom. The van der Waals surface area contributed by atoms with Gasteiger partial charge in [0.05, 0.1) is 16.9 Å². The Hall–Kier alpha value is -1.13. The van der Waals surface area contributed by atoms with Crippen LogP contribution in [-0.2, 0) is 0 Å². The molecule has 0 bridgehead atoms. The standard InChI is InChI=1S/C16H11Cl3N2S/c17-11-2-1-3-13(6-11)21-20-8-10-9-22-15-5-4-12(18)7-14(15)16(10)19/h1-8,21H,9H2/b20-8+. The van der Waals surface area contributed by atoms with Gasteiger partial charge in [0.1, 0.15) is 0 Å². The van der Waals surface area contributed by atoms with Crippen molar-refractivity contribution >= 4 is 63.5 Å². The van der Waals surface area contributed by atoms with E-state index in [0.717, 1.165) is 27.5 Å². The molecule has 0 saturated carbocycles. The van der Waals surface area contributed by atoms with E-state index in [1.54, 1.807) is 24.0 Å². The second kappa shape index (κ2) is 6.97. The minimum atomic E-state index is 0.661. The van der Waals surface area contributed by atoms with Gasteiger partial charge in [0.2, 0.25) is 0 Å². The predicted molar refractivity (Wildman–Crippen MR) is 98.5 cm³/mol. The van der Waals surface area contributed by atoms with E-state index in [1.807, 2.05) is 36.4 Å². The van der Waals surface area contributed by atoms with Gasteiger partial charge in [0.15, 0.2) is 0 Å². The van der Waals surface area contributed by atoms with Crippen LogP contribution in [0.1, 0.15) is 5.56 Å². The van der Waals surface area contributed by atoms with E-state index in [9.17, 15) is 0 Å². The van der Waals surface area contributed by atoms with Crippen LogP contribution in [0.2, 0.25) is 10.0 Å². The molecule has 22 heavy (non-hydrogen) atoms. The topological polar surface area (TPSA) is 24.4 Å². The van der Waals surface area contributed by atoms with E-state index in [2.05, 4.69) is 10.5 Å². The van der Waals surface area contributed by atoms with Crippen LogP contribution in [0.25, 0.3) is 5.03 Å². The Morgan fingerprint density at radius 1 is 1.05 bits per heavy atom. The average molecular weight is 370 g/mol. The molecule has 1 heterocycles. The van der Waals surface area contributed by atoms with E-state index in [4.69, 9.17) is 34.8 Å². The van der Waals surface area contributed by atoms with Gasteiger partial charge in [0, 0.05) is 31.8 Å². The van der Waals surface area contributed by atoms with Crippen molar-refractivity contribution in [3.05, 3.63) is 63.6 Å². The van der Waals surface area contributed by atoms with Crippen molar-refractivity contribution < 1.29 is 0 Å². The molecule has 0 fully saturated rings. The molecule has 0 spiro atoms. The summed E-state index contributed by atoms with van der Waals surface area (Å²) in [7, 11) is 0. The molecular weight excluding hydrogens is 359 g/mol. The molecule has 3 rings (SSSR count). The smallest absolute Gasteiger partial charge is 0.0576 e. The Labute approximate surface area is 148 Å². The van der Waals surface area contributed by atoms with Gasteiger partial charge in [-0.3, -0.25) is 5.43 Å². The number of thioether (sulfide) groups is 1. The number of hydrogen-bond donors (Lipinski definition) is 1. The molecule has 2 nitrogen and oxygen atoms in total. The molecule has 0 radical (unpaired) electrons. The van der Waals surface area contributed by atoms with Crippen LogP contribution in [0.5, 0.6) is 0 Å². The van der Waals surface area contributed by atoms with Crippen molar-refractivity contribution in [1.29, 1.82) is 0 Å². The molecule has 1 aliphatic heterocycles. The van der Waals surface area contributed by atoms with Crippen LogP contribution in [0.3, 0.4) is 0 Å². The van der Waals surface area contributed by atoms with Crippen molar-refractivity contribution in [3.63, 3.8) is 0 Å². The lowest BCUT2D eigenvalue weighted by atomic mass is 10.1. The number of nitrogens with one attached hydrogen (secondary N) is 1. The summed E-state index contributed by atoms with van der Waals surface area (Å²) < 4.78 is 0. The summed E-state index contributed by atoms with van der Waals surface area (Å²) in [5.41, 5.74) is 5.68. The van der Waals surface area contributed by atoms with Crippen molar-refractivity contribution in [2.75, 3.05) is 11.2 Å². The number of rotatable bonds is 3. The quantitative estimate of drug-likeness (QED) is 0.518. The van der Waals surface area contributed by atoms with Crippen molar-refractivity contribution in [2.24, 2.45) is 5.10 Å². The second-order valence-corrected chi connectivity index (χ2v) is 6.92. The van der Waals surface area contributed by atoms with Crippen LogP contribution < -0.4 is 5.43 Å². The largest absolute Gasteiger partial charge is 0.278 e. The number of hydrogen-bond acceptors (Lipinski definition) is 3. The summed E-state index contributed by atoms with van der Waals surface area (Å²) in [5, 5.41) is 6.25. The maximum atomic E-state index is 6.46. The summed E-state index contributed by atoms with van der Waals surface area (Å²) in [6.45, 7) is 0. The van der Waals surface area contributed by atoms with Crippen molar-refractivity contribution in [1.82, 2.24) is 0 Å². The van der Waals surface area contributed by atoms with Crippen molar-refractivity contribution in [3.8, 4) is 0 Å². The molecule has 0 aliphatic carbocycles. The van der Waals surface area contributed by atoms with Crippen LogP contribution in [0, 0.1) is 0 Å². The van der Waals surface area contributed by atoms with Crippen LogP contribution in [-0.4, -0.2) is 12.0 Å². The third-order valence-corrected chi connectivity index (χ3v) is 5.12. The molecule has 0 amide bonds. The van der Waals surface area contributed by atoms with Gasteiger partial charge in [-0.25, -0.2) is 0 Å². The lowest BCUT2D eigenvalue weighted by molar-refractivity contribution is 1.33. The molecule has 0 atom stereocenters. The van der Waals surface area contributed by atoms with Crippen LogP contribution in [0.15, 0.2) is 58.0 Å². The lowest BCUT2D eigenvalue weighted by Crippen LogP contribution is -2.02. The summed E-state index contributed by atoms with van der Waals surface area (Å²) >= 11 is 20.1. The highest BCUT2D eigenvalue weighted by molar-refractivity contribution is 7.99. The summed E-state index contributed by atoms with van der Waals surface area (Å²) in [6.07, 6.45) is 1.74. The number of benzene rings is 2. The summed E-state index contributed by atoms with van der Waals surface area (Å²) in [4.78, 5) is 1.13. The summed E-state index contributed by atoms with van der Waals surface area (Å²) in [5.74, 6) is 0.772. The molecule has 2 aromatic carbocycles. The van der Waals surface area contributed by atoms with Crippen molar-refractivity contribution in [2.45, 2.75) is 4.90 Å². The van der Waals surface area contributed by atoms with Gasteiger partial charge in [-0.1, -0.05) is 40.9 Å². The zero-order chi connectivity index (χ0) is 15.5. The minimum absolute atomic E-state index is 0.661. The molecule has 0 aromatic heterocycles. The molecule has 2 aromatic rings. The minimum Gasteiger partial charge on any atom is -0.278 e. The van der Waals surface area contributed by atoms with Gasteiger partial charge < -0.3 is 0 Å². The van der Waals surface area contributed by atoms with E-state index >= 15 is 0 Å². The number of halogens is 3. The van der Waals surface area contributed by atoms with E-state index in [1.165, 1.54) is 0 Å². The fourth-order valence-corrected chi connectivity index (χ4v) is 3.81. The fourth-order valence-electron chi connectivity index (χ4n) is 2.03. The zero-order valence-electron chi connectivity index (χ0n) is 11.3. The molecular formula is C16H11Cl3N2S. The highest BCUT2D eigenvalue weighted by Gasteiger charge is 2.17. The third-order valence-electron chi connectivity index (χ3n) is 3.08. The van der Waals surface area contributed by atoms with E-state index in [0.29, 0.717) is 15.1 Å². The fraction of sp³-hybridized carbons (Fsp3) is 0.0625. The summed E-state index contributed by atoms with van der Waals surface area (Å²) in [6, 6.07) is 13.1. The van der Waals surface area contributed by atoms with Crippen LogP contribution in [0.4, 0.5) is 5.69 Å². The number of fused-ring (bicyclic) bond motifs is 1. The SMILES string of the molecule is ClC1=C(/C=N/Nc2cccc(Cl)c2)CSc2ccc(Cl)cc21. The normalized spacial score (nSPS) is 14.3. The molecule has 0 unspecified atom stereocenters. The first-order valence-corrected chi connectivity index (χ1v) is 8.61. The predicted octanol–water partition coefficient (Wildman–Crippen LogP) is 6.15. The van der Waals surface area contributed by atoms with Gasteiger partial charge in [-0.05, 0) is 36.4 Å². The first-order valence-electron chi connectivity index (χ1n) is 6.49. The Balaban J connectivity index is 1.80. The van der Waals surface area contributed by atoms with E-state index in [-0.39, 0.29) is 0 Å². The second-order valence-electron chi connectivity index (χ2n) is 4.65. The Morgan fingerprint density at radius 2 is 1.86 bits per heavy atom. The van der Waals surface area contributed by atoms with Crippen LogP contribution >= 0.6 is 46.6 Å². The third kappa shape index (κ3) is 3.61. The molecule has 6 heteroatoms. The van der Waals surface area contributed by atoms with E-state index < -0.39 is 0 Å². The van der Waals surface area contributed by atoms with Gasteiger partial charge >= 0.3 is 0 Å². The first kappa shape index (κ1) is 15.8. The highest BCUT2D eigenvalue weighted by Crippen LogP contribution is 2.39. The van der Waals surface area contributed by atoms with Gasteiger partial charge in [-0.15, -0.1) is 11.8 Å². The molecule has 1 N–H and O–H groups in total. The molecule has 0 saturated heterocycles. The zero-order valence-corrected chi connectivity index (χ0v) is 14.4. The maximum absolute atomic E-state index is 6.46. The molecule has 112 valence electrons. The van der Waals surface area contributed by atoms with Gasteiger partial charge in [0.25, 0.3) is 0 Å². The number of nitrogens with zero attached hydrogens (tertiary/aromatic N) is 1. The number of hydrazone groups is 1. The highest BCUT2D eigenvalue weighted by atomic mass is 35.5. The van der Waals surface area contributed by atoms with Gasteiger partial charge in [-0.2, -0.15) is 5.10 Å². The lowest BCUT2D eigenvalue weighted by Gasteiger charge is -2.17. The monoisotopic (exact) mass is 368 g/mol. The first-order chi connectivity index (χ1) is 10.6.